The third-order valence-electron chi connectivity index (χ3n) is 7.97. The van der Waals surface area contributed by atoms with Crippen LogP contribution in [0.5, 0.6) is 0 Å². The van der Waals surface area contributed by atoms with Gasteiger partial charge in [0.15, 0.2) is 17.3 Å². The minimum atomic E-state index is -1.57. The van der Waals surface area contributed by atoms with Crippen LogP contribution >= 0.6 is 11.3 Å². The molecule has 1 aliphatic carbocycles. The molecule has 0 N–H and O–H groups in total. The van der Waals surface area contributed by atoms with Crippen LogP contribution in [0.2, 0.25) is 0 Å². The predicted octanol–water partition coefficient (Wildman–Crippen LogP) is 6.20. The van der Waals surface area contributed by atoms with Crippen LogP contribution in [-0.2, 0) is 0 Å². The Kier molecular flexibility index (Phi) is 4.72. The first-order valence-corrected chi connectivity index (χ1v) is 13.0. The average molecular weight is 506 g/mol. The second kappa shape index (κ2) is 7.92. The number of halogens is 1. The first kappa shape index (κ1) is 22.1. The molecular weight excluding hydrogens is 485 g/mol. The number of hydrogen-bond acceptors (Lipinski definition) is 5. The summed E-state index contributed by atoms with van der Waals surface area (Å²) < 4.78 is 14.1. The van der Waals surface area contributed by atoms with E-state index in [1.807, 2.05) is 52.8 Å². The smallest absolute Gasteiger partial charge is 0.195 e. The summed E-state index contributed by atoms with van der Waals surface area (Å²) in [6.07, 6.45) is 3.82. The van der Waals surface area contributed by atoms with Crippen LogP contribution in [-0.4, -0.2) is 29.4 Å². The van der Waals surface area contributed by atoms with E-state index in [2.05, 4.69) is 0 Å². The van der Waals surface area contributed by atoms with Gasteiger partial charge < -0.3 is 4.90 Å². The Labute approximate surface area is 216 Å². The molecule has 1 saturated heterocycles. The quantitative estimate of drug-likeness (QED) is 0.246. The van der Waals surface area contributed by atoms with Crippen LogP contribution in [0, 0.1) is 11.2 Å². The van der Waals surface area contributed by atoms with Crippen molar-refractivity contribution in [1.29, 1.82) is 0 Å². The highest BCUT2D eigenvalue weighted by atomic mass is 32.1. The Hall–Kier alpha value is -4.16. The van der Waals surface area contributed by atoms with E-state index in [0.717, 1.165) is 11.3 Å². The Morgan fingerprint density at radius 2 is 1.51 bits per heavy atom. The van der Waals surface area contributed by atoms with Gasteiger partial charge in [-0.25, -0.2) is 4.39 Å². The van der Waals surface area contributed by atoms with E-state index in [1.165, 1.54) is 23.5 Å². The predicted molar refractivity (Wildman–Crippen MR) is 141 cm³/mol. The molecule has 3 atom stereocenters. The molecule has 2 aliphatic heterocycles. The standard InChI is InChI=1S/C31H20FNO3S/c32-20-14-11-19(12-15-20)26-27(28(34)24-10-5-17-37-24)33-23-9-4-1-6-18(23)13-16-25(33)31(26)29(35)21-7-2-3-8-22(21)30(31)36/h1-17,25-27H/t25-,26+,27+/m1/s1. The van der Waals surface area contributed by atoms with E-state index < -0.39 is 29.2 Å². The number of Topliss-reactive ketones (excluding diaryl/α,β-unsaturated/α-hetero) is 3. The molecule has 1 aromatic heterocycles. The van der Waals surface area contributed by atoms with Crippen molar-refractivity contribution in [3.8, 4) is 0 Å². The van der Waals surface area contributed by atoms with E-state index in [9.17, 15) is 18.8 Å². The van der Waals surface area contributed by atoms with Gasteiger partial charge in [0.1, 0.15) is 17.3 Å². The normalized spacial score (nSPS) is 22.7. The maximum Gasteiger partial charge on any atom is 0.195 e. The van der Waals surface area contributed by atoms with Gasteiger partial charge in [0, 0.05) is 22.7 Å². The first-order valence-electron chi connectivity index (χ1n) is 12.1. The number of ketones is 3. The first-order chi connectivity index (χ1) is 18.0. The average Bonchev–Trinajstić information content (AvgIpc) is 3.63. The summed E-state index contributed by atoms with van der Waals surface area (Å²) in [5.41, 5.74) is 1.47. The number of anilines is 1. The van der Waals surface area contributed by atoms with Crippen LogP contribution in [0.15, 0.2) is 96.4 Å². The molecule has 0 amide bonds. The number of carbonyl (C=O) groups excluding carboxylic acids is 3. The van der Waals surface area contributed by atoms with Gasteiger partial charge >= 0.3 is 0 Å². The lowest BCUT2D eigenvalue weighted by molar-refractivity contribution is 0.0666. The monoisotopic (exact) mass is 505 g/mol. The van der Waals surface area contributed by atoms with Crippen molar-refractivity contribution in [1.82, 2.24) is 0 Å². The fourth-order valence-corrected chi connectivity index (χ4v) is 7.22. The lowest BCUT2D eigenvalue weighted by atomic mass is 9.64. The minimum absolute atomic E-state index is 0.159. The summed E-state index contributed by atoms with van der Waals surface area (Å²) in [4.78, 5) is 45.7. The number of nitrogens with zero attached hydrogens (tertiary/aromatic N) is 1. The maximum absolute atomic E-state index is 14.4. The lowest BCUT2D eigenvalue weighted by Crippen LogP contribution is -2.48. The Morgan fingerprint density at radius 3 is 2.19 bits per heavy atom. The zero-order valence-corrected chi connectivity index (χ0v) is 20.3. The fourth-order valence-electron chi connectivity index (χ4n) is 6.53. The molecule has 6 heteroatoms. The molecule has 7 rings (SSSR count). The molecule has 180 valence electrons. The fraction of sp³-hybridized carbons (Fsp3) is 0.129. The number of para-hydroxylation sites is 1. The Morgan fingerprint density at radius 1 is 0.838 bits per heavy atom. The molecular formula is C31H20FNO3S. The zero-order chi connectivity index (χ0) is 25.3. The van der Waals surface area contributed by atoms with Gasteiger partial charge in [-0.2, -0.15) is 0 Å². The summed E-state index contributed by atoms with van der Waals surface area (Å²) in [5.74, 6) is -1.98. The molecule has 1 fully saturated rings. The van der Waals surface area contributed by atoms with Crippen LogP contribution in [0.3, 0.4) is 0 Å². The lowest BCUT2D eigenvalue weighted by Gasteiger charge is -2.37. The molecule has 0 radical (unpaired) electrons. The summed E-state index contributed by atoms with van der Waals surface area (Å²) in [6, 6.07) is 22.5. The van der Waals surface area contributed by atoms with Crippen LogP contribution in [0.25, 0.3) is 6.08 Å². The van der Waals surface area contributed by atoms with Gasteiger partial charge in [-0.05, 0) is 40.8 Å². The van der Waals surface area contributed by atoms with E-state index in [-0.39, 0.29) is 17.3 Å². The second-order valence-electron chi connectivity index (χ2n) is 9.66. The Bertz CT molecular complexity index is 1590. The van der Waals surface area contributed by atoms with E-state index >= 15 is 0 Å². The third-order valence-corrected chi connectivity index (χ3v) is 8.86. The van der Waals surface area contributed by atoms with Crippen molar-refractivity contribution >= 4 is 40.4 Å². The molecule has 1 spiro atoms. The molecule has 3 heterocycles. The van der Waals surface area contributed by atoms with Crippen LogP contribution in [0.1, 0.15) is 47.4 Å². The topological polar surface area (TPSA) is 54.5 Å². The molecule has 3 aliphatic rings. The molecule has 0 unspecified atom stereocenters. The van der Waals surface area contributed by atoms with Gasteiger partial charge in [-0.1, -0.05) is 72.8 Å². The molecule has 3 aromatic carbocycles. The largest absolute Gasteiger partial charge is 0.352 e. The van der Waals surface area contributed by atoms with E-state index in [1.54, 1.807) is 42.5 Å². The number of hydrogen-bond donors (Lipinski definition) is 0. The third kappa shape index (κ3) is 2.84. The van der Waals surface area contributed by atoms with Crippen molar-refractivity contribution < 1.29 is 18.8 Å². The highest BCUT2D eigenvalue weighted by Gasteiger charge is 2.71. The van der Waals surface area contributed by atoms with Gasteiger partial charge in [0.25, 0.3) is 0 Å². The van der Waals surface area contributed by atoms with E-state index in [0.29, 0.717) is 21.6 Å². The summed E-state index contributed by atoms with van der Waals surface area (Å²) in [6.45, 7) is 0. The van der Waals surface area contributed by atoms with Crippen molar-refractivity contribution in [2.75, 3.05) is 4.90 Å². The molecule has 0 saturated carbocycles. The number of fused-ring (bicyclic) bond motifs is 5. The van der Waals surface area contributed by atoms with Crippen LogP contribution in [0.4, 0.5) is 10.1 Å². The number of thiophene rings is 1. The summed E-state index contributed by atoms with van der Waals surface area (Å²) >= 11 is 1.33. The van der Waals surface area contributed by atoms with Crippen LogP contribution < -0.4 is 4.90 Å². The highest BCUT2D eigenvalue weighted by molar-refractivity contribution is 7.12. The van der Waals surface area contributed by atoms with Crippen molar-refractivity contribution in [2.45, 2.75) is 18.0 Å². The van der Waals surface area contributed by atoms with Gasteiger partial charge in [0.2, 0.25) is 0 Å². The highest BCUT2D eigenvalue weighted by Crippen LogP contribution is 2.61. The van der Waals surface area contributed by atoms with E-state index in [4.69, 9.17) is 0 Å². The number of benzene rings is 3. The summed E-state index contributed by atoms with van der Waals surface area (Å²) in [7, 11) is 0. The zero-order valence-electron chi connectivity index (χ0n) is 19.5. The maximum atomic E-state index is 14.4. The SMILES string of the molecule is O=C(c1cccs1)[C@@H]1[C@H](c2ccc(F)cc2)C2(C(=O)c3ccccc3C2=O)[C@H]2C=Cc3ccccc3N12. The molecule has 0 bridgehead atoms. The molecule has 37 heavy (non-hydrogen) atoms. The van der Waals surface area contributed by atoms with Gasteiger partial charge in [0.05, 0.1) is 10.9 Å². The second-order valence-corrected chi connectivity index (χ2v) is 10.6. The van der Waals surface area contributed by atoms with Crippen molar-refractivity contribution in [2.24, 2.45) is 5.41 Å². The van der Waals surface area contributed by atoms with Crippen molar-refractivity contribution in [3.05, 3.63) is 129 Å². The summed E-state index contributed by atoms with van der Waals surface area (Å²) in [5, 5.41) is 1.84. The van der Waals surface area contributed by atoms with Crippen molar-refractivity contribution in [3.63, 3.8) is 0 Å². The van der Waals surface area contributed by atoms with Gasteiger partial charge in [-0.3, -0.25) is 14.4 Å². The minimum Gasteiger partial charge on any atom is -0.352 e. The molecule has 4 aromatic rings. The number of carbonyl (C=O) groups is 3. The number of rotatable bonds is 3. The molecule has 4 nitrogen and oxygen atoms in total. The Balaban J connectivity index is 1.56. The van der Waals surface area contributed by atoms with Gasteiger partial charge in [-0.15, -0.1) is 11.3 Å².